The minimum Gasteiger partial charge on any atom is -0.467 e. The molecule has 2 amide bonds. The molecular formula is C22H25N3O2. The van der Waals surface area contributed by atoms with E-state index in [4.69, 9.17) is 4.42 Å². The number of benzene rings is 2. The quantitative estimate of drug-likeness (QED) is 0.678. The Morgan fingerprint density at radius 3 is 2.26 bits per heavy atom. The van der Waals surface area contributed by atoms with Crippen LogP contribution in [0.4, 0.5) is 16.2 Å². The number of furan rings is 1. The Labute approximate surface area is 160 Å². The monoisotopic (exact) mass is 363 g/mol. The van der Waals surface area contributed by atoms with Crippen LogP contribution in [0.3, 0.4) is 0 Å². The molecule has 27 heavy (non-hydrogen) atoms. The average molecular weight is 363 g/mol. The van der Waals surface area contributed by atoms with Crippen LogP contribution in [0.25, 0.3) is 0 Å². The van der Waals surface area contributed by atoms with Crippen molar-refractivity contribution in [2.45, 2.75) is 20.0 Å². The van der Waals surface area contributed by atoms with Gasteiger partial charge >= 0.3 is 6.03 Å². The number of anilines is 2. The summed E-state index contributed by atoms with van der Waals surface area (Å²) in [5, 5.41) is 2.97. The van der Waals surface area contributed by atoms with Gasteiger partial charge in [-0.3, -0.25) is 0 Å². The van der Waals surface area contributed by atoms with Gasteiger partial charge in [0, 0.05) is 32.0 Å². The molecule has 5 nitrogen and oxygen atoms in total. The second-order valence-electron chi connectivity index (χ2n) is 6.79. The molecule has 3 rings (SSSR count). The van der Waals surface area contributed by atoms with Crippen LogP contribution < -0.4 is 10.2 Å². The predicted octanol–water partition coefficient (Wildman–Crippen LogP) is 4.89. The lowest BCUT2D eigenvalue weighted by Gasteiger charge is -2.23. The van der Waals surface area contributed by atoms with Crippen LogP contribution in [0.2, 0.25) is 0 Å². The average Bonchev–Trinajstić information content (AvgIpc) is 3.16. The molecule has 0 unspecified atom stereocenters. The molecular weight excluding hydrogens is 338 g/mol. The normalized spacial score (nSPS) is 10.5. The zero-order chi connectivity index (χ0) is 19.2. The van der Waals surface area contributed by atoms with E-state index in [2.05, 4.69) is 22.3 Å². The summed E-state index contributed by atoms with van der Waals surface area (Å²) in [5.41, 5.74) is 4.12. The van der Waals surface area contributed by atoms with Gasteiger partial charge in [-0.05, 0) is 48.9 Å². The minimum atomic E-state index is -0.160. The van der Waals surface area contributed by atoms with Crippen LogP contribution in [0, 0.1) is 6.92 Å². The summed E-state index contributed by atoms with van der Waals surface area (Å²) in [6, 6.07) is 19.5. The van der Waals surface area contributed by atoms with E-state index < -0.39 is 0 Å². The summed E-state index contributed by atoms with van der Waals surface area (Å²) in [5.74, 6) is 0.749. The number of hydrogen-bond donors (Lipinski definition) is 1. The minimum absolute atomic E-state index is 0.160. The zero-order valence-corrected chi connectivity index (χ0v) is 16.0. The molecule has 3 aromatic rings. The largest absolute Gasteiger partial charge is 0.467 e. The molecule has 0 atom stereocenters. The third kappa shape index (κ3) is 5.14. The maximum atomic E-state index is 12.9. The Morgan fingerprint density at radius 2 is 1.67 bits per heavy atom. The lowest BCUT2D eigenvalue weighted by Crippen LogP contribution is -2.34. The van der Waals surface area contributed by atoms with Crippen molar-refractivity contribution in [3.05, 3.63) is 83.8 Å². The fourth-order valence-corrected chi connectivity index (χ4v) is 2.75. The summed E-state index contributed by atoms with van der Waals surface area (Å²) < 4.78 is 5.44. The Bertz CT molecular complexity index is 854. The van der Waals surface area contributed by atoms with E-state index in [-0.39, 0.29) is 6.03 Å². The van der Waals surface area contributed by atoms with Crippen LogP contribution in [-0.4, -0.2) is 25.0 Å². The first kappa shape index (κ1) is 18.6. The molecule has 0 saturated carbocycles. The first-order chi connectivity index (χ1) is 13.0. The maximum Gasteiger partial charge on any atom is 0.322 e. The number of carbonyl (C=O) groups is 1. The number of aryl methyl sites for hydroxylation is 1. The fraction of sp³-hybridized carbons (Fsp3) is 0.227. The van der Waals surface area contributed by atoms with Gasteiger partial charge in [0.1, 0.15) is 5.76 Å². The number of nitrogens with one attached hydrogen (secondary N) is 1. The summed E-state index contributed by atoms with van der Waals surface area (Å²) in [7, 11) is 4.01. The molecule has 1 aromatic heterocycles. The van der Waals surface area contributed by atoms with Crippen molar-refractivity contribution in [3.8, 4) is 0 Å². The van der Waals surface area contributed by atoms with Crippen molar-refractivity contribution in [1.82, 2.24) is 4.90 Å². The van der Waals surface area contributed by atoms with Gasteiger partial charge in [0.05, 0.1) is 12.8 Å². The van der Waals surface area contributed by atoms with Gasteiger partial charge in [0.2, 0.25) is 0 Å². The molecule has 140 valence electrons. The number of amides is 2. The van der Waals surface area contributed by atoms with Crippen LogP contribution >= 0.6 is 0 Å². The summed E-state index contributed by atoms with van der Waals surface area (Å²) >= 11 is 0. The number of hydrogen-bond acceptors (Lipinski definition) is 3. The van der Waals surface area contributed by atoms with E-state index in [9.17, 15) is 4.79 Å². The smallest absolute Gasteiger partial charge is 0.322 e. The number of nitrogens with zero attached hydrogens (tertiary/aromatic N) is 2. The van der Waals surface area contributed by atoms with E-state index in [1.54, 1.807) is 11.2 Å². The fourth-order valence-electron chi connectivity index (χ4n) is 2.75. The molecule has 0 bridgehead atoms. The van der Waals surface area contributed by atoms with Crippen LogP contribution in [-0.2, 0) is 13.1 Å². The second-order valence-corrected chi connectivity index (χ2v) is 6.79. The predicted molar refractivity (Wildman–Crippen MR) is 109 cm³/mol. The molecule has 5 heteroatoms. The van der Waals surface area contributed by atoms with Crippen molar-refractivity contribution >= 4 is 17.4 Å². The van der Waals surface area contributed by atoms with Gasteiger partial charge in [-0.1, -0.05) is 29.8 Å². The Balaban J connectivity index is 1.75. The van der Waals surface area contributed by atoms with Crippen molar-refractivity contribution in [1.29, 1.82) is 0 Å². The lowest BCUT2D eigenvalue weighted by molar-refractivity contribution is 0.201. The van der Waals surface area contributed by atoms with Crippen LogP contribution in [0.1, 0.15) is 16.9 Å². The highest BCUT2D eigenvalue weighted by Crippen LogP contribution is 2.17. The van der Waals surface area contributed by atoms with Gasteiger partial charge in [-0.25, -0.2) is 4.79 Å². The van der Waals surface area contributed by atoms with E-state index >= 15 is 0 Å². The molecule has 1 heterocycles. The molecule has 0 aliphatic carbocycles. The van der Waals surface area contributed by atoms with E-state index in [0.29, 0.717) is 13.1 Å². The standard InChI is InChI=1S/C22H25N3O2/c1-17-6-10-19(11-7-17)23-22(26)25(16-21-5-4-14-27-21)15-18-8-12-20(13-9-18)24(2)3/h4-14H,15-16H2,1-3H3,(H,23,26). The Hall–Kier alpha value is -3.21. The second kappa shape index (κ2) is 8.45. The third-order valence-electron chi connectivity index (χ3n) is 4.34. The lowest BCUT2D eigenvalue weighted by atomic mass is 10.2. The summed E-state index contributed by atoms with van der Waals surface area (Å²) in [6.07, 6.45) is 1.62. The number of carbonyl (C=O) groups excluding carboxylic acids is 1. The molecule has 0 aliphatic rings. The van der Waals surface area contributed by atoms with Crippen molar-refractivity contribution in [3.63, 3.8) is 0 Å². The van der Waals surface area contributed by atoms with E-state index in [1.165, 1.54) is 0 Å². The SMILES string of the molecule is Cc1ccc(NC(=O)N(Cc2ccc(N(C)C)cc2)Cc2ccco2)cc1. The summed E-state index contributed by atoms with van der Waals surface area (Å²) in [6.45, 7) is 2.92. The Morgan fingerprint density at radius 1 is 0.963 bits per heavy atom. The number of rotatable bonds is 6. The van der Waals surface area contributed by atoms with Gasteiger partial charge in [0.15, 0.2) is 0 Å². The maximum absolute atomic E-state index is 12.9. The van der Waals surface area contributed by atoms with Crippen molar-refractivity contribution < 1.29 is 9.21 Å². The molecule has 0 fully saturated rings. The molecule has 0 saturated heterocycles. The first-order valence-corrected chi connectivity index (χ1v) is 8.92. The van der Waals surface area contributed by atoms with E-state index in [0.717, 1.165) is 28.3 Å². The van der Waals surface area contributed by atoms with E-state index in [1.807, 2.05) is 69.6 Å². The zero-order valence-electron chi connectivity index (χ0n) is 16.0. The van der Waals surface area contributed by atoms with Crippen LogP contribution in [0.15, 0.2) is 71.3 Å². The third-order valence-corrected chi connectivity index (χ3v) is 4.34. The topological polar surface area (TPSA) is 48.7 Å². The van der Waals surface area contributed by atoms with Crippen LogP contribution in [0.5, 0.6) is 0 Å². The highest BCUT2D eigenvalue weighted by atomic mass is 16.3. The highest BCUT2D eigenvalue weighted by molar-refractivity contribution is 5.89. The molecule has 1 N–H and O–H groups in total. The number of urea groups is 1. The van der Waals surface area contributed by atoms with Crippen molar-refractivity contribution in [2.75, 3.05) is 24.3 Å². The molecule has 2 aromatic carbocycles. The van der Waals surface area contributed by atoms with Crippen molar-refractivity contribution in [2.24, 2.45) is 0 Å². The van der Waals surface area contributed by atoms with Gasteiger partial charge < -0.3 is 19.5 Å². The molecule has 0 aliphatic heterocycles. The van der Waals surface area contributed by atoms with Gasteiger partial charge in [0.25, 0.3) is 0 Å². The summed E-state index contributed by atoms with van der Waals surface area (Å²) in [4.78, 5) is 16.7. The molecule has 0 radical (unpaired) electrons. The molecule has 0 spiro atoms. The first-order valence-electron chi connectivity index (χ1n) is 8.92. The Kier molecular flexibility index (Phi) is 5.81. The highest BCUT2D eigenvalue weighted by Gasteiger charge is 2.16. The van der Waals surface area contributed by atoms with Gasteiger partial charge in [-0.2, -0.15) is 0 Å². The van der Waals surface area contributed by atoms with Gasteiger partial charge in [-0.15, -0.1) is 0 Å².